The molecule has 0 saturated carbocycles. The van der Waals surface area contributed by atoms with E-state index in [0.717, 1.165) is 5.56 Å². The van der Waals surface area contributed by atoms with Gasteiger partial charge in [0.05, 0.1) is 23.1 Å². The number of aromatic amines is 1. The number of anilines is 1. The average molecular weight is 368 g/mol. The molecule has 124 valence electrons. The second-order valence-corrected chi connectivity index (χ2v) is 5.73. The van der Waals surface area contributed by atoms with E-state index in [1.165, 1.54) is 18.3 Å². The van der Waals surface area contributed by atoms with Crippen molar-refractivity contribution in [3.8, 4) is 17.1 Å². The van der Waals surface area contributed by atoms with Gasteiger partial charge in [-0.1, -0.05) is 23.2 Å². The highest BCUT2D eigenvalue weighted by atomic mass is 35.5. The zero-order valence-electron chi connectivity index (χ0n) is 12.4. The number of hydrogen-bond donors (Lipinski definition) is 2. The first-order chi connectivity index (χ1) is 11.5. The second kappa shape index (κ2) is 6.62. The molecule has 0 aliphatic rings. The molecule has 9 heteroatoms. The number of nitrogens with zero attached hydrogens (tertiary/aromatic N) is 3. The Kier molecular flexibility index (Phi) is 4.55. The summed E-state index contributed by atoms with van der Waals surface area (Å²) < 4.78 is 19.4. The minimum absolute atomic E-state index is 0.0950. The van der Waals surface area contributed by atoms with Crippen LogP contribution in [0.5, 0.6) is 5.88 Å². The monoisotopic (exact) mass is 367 g/mol. The van der Waals surface area contributed by atoms with Crippen LogP contribution < -0.4 is 10.5 Å². The van der Waals surface area contributed by atoms with E-state index in [2.05, 4.69) is 20.2 Å². The molecule has 0 fully saturated rings. The average Bonchev–Trinajstić information content (AvgIpc) is 3.08. The van der Waals surface area contributed by atoms with Crippen LogP contribution in [0.15, 0.2) is 30.7 Å². The summed E-state index contributed by atoms with van der Waals surface area (Å²) in [7, 11) is 0. The molecule has 3 N–H and O–H groups in total. The summed E-state index contributed by atoms with van der Waals surface area (Å²) in [6, 6.07) is 2.60. The van der Waals surface area contributed by atoms with Crippen molar-refractivity contribution < 1.29 is 9.13 Å². The van der Waals surface area contributed by atoms with E-state index in [1.807, 2.05) is 0 Å². The van der Waals surface area contributed by atoms with Crippen molar-refractivity contribution in [1.82, 2.24) is 20.2 Å². The SMILES string of the molecule is CC(Oc1nc(-c2cn[nH]c2)cnc1N)c1c(Cl)ccc(F)c1Cl. The quantitative estimate of drug-likeness (QED) is 0.679. The van der Waals surface area contributed by atoms with Crippen LogP contribution in [-0.4, -0.2) is 20.2 Å². The number of benzene rings is 1. The lowest BCUT2D eigenvalue weighted by molar-refractivity contribution is 0.218. The standard InChI is InChI=1S/C15H12Cl2FN5O/c1-7(12-9(16)2-3-10(18)13(12)17)24-15-14(19)20-6-11(23-15)8-4-21-22-5-8/h2-7H,1H3,(H2,19,20)(H,21,22). The number of nitrogen functional groups attached to an aromatic ring is 1. The van der Waals surface area contributed by atoms with Gasteiger partial charge in [0.1, 0.15) is 11.9 Å². The van der Waals surface area contributed by atoms with Crippen molar-refractivity contribution in [2.75, 3.05) is 5.73 Å². The van der Waals surface area contributed by atoms with Gasteiger partial charge in [-0.15, -0.1) is 0 Å². The number of hydrogen-bond acceptors (Lipinski definition) is 5. The van der Waals surface area contributed by atoms with Gasteiger partial charge in [0.2, 0.25) is 0 Å². The molecule has 0 bridgehead atoms. The Morgan fingerprint density at radius 1 is 1.29 bits per heavy atom. The predicted molar refractivity (Wildman–Crippen MR) is 89.5 cm³/mol. The molecule has 1 aromatic carbocycles. The van der Waals surface area contributed by atoms with Crippen LogP contribution in [-0.2, 0) is 0 Å². The van der Waals surface area contributed by atoms with Crippen molar-refractivity contribution in [2.24, 2.45) is 0 Å². The maximum absolute atomic E-state index is 13.7. The lowest BCUT2D eigenvalue weighted by Gasteiger charge is -2.18. The number of rotatable bonds is 4. The molecule has 2 aromatic heterocycles. The van der Waals surface area contributed by atoms with Crippen LogP contribution in [0.2, 0.25) is 10.0 Å². The number of nitrogens with two attached hydrogens (primary N) is 1. The summed E-state index contributed by atoms with van der Waals surface area (Å²) in [5.74, 6) is -0.395. The highest BCUT2D eigenvalue weighted by molar-refractivity contribution is 6.36. The molecule has 2 heterocycles. The number of halogens is 3. The van der Waals surface area contributed by atoms with Gasteiger partial charge < -0.3 is 10.5 Å². The fourth-order valence-corrected chi connectivity index (χ4v) is 2.82. The molecule has 0 aliphatic heterocycles. The van der Waals surface area contributed by atoms with Gasteiger partial charge in [0.25, 0.3) is 5.88 Å². The Hall–Kier alpha value is -2.38. The molecule has 3 aromatic rings. The lowest BCUT2D eigenvalue weighted by atomic mass is 10.1. The summed E-state index contributed by atoms with van der Waals surface area (Å²) >= 11 is 12.1. The molecular formula is C15H12Cl2FN5O. The lowest BCUT2D eigenvalue weighted by Crippen LogP contribution is -2.09. The third kappa shape index (κ3) is 3.13. The topological polar surface area (TPSA) is 89.7 Å². The predicted octanol–water partition coefficient (Wildman–Crippen LogP) is 4.03. The molecule has 3 rings (SSSR count). The molecule has 0 saturated heterocycles. The Morgan fingerprint density at radius 2 is 2.08 bits per heavy atom. The minimum atomic E-state index is -0.683. The maximum atomic E-state index is 13.7. The summed E-state index contributed by atoms with van der Waals surface area (Å²) in [4.78, 5) is 8.37. The number of nitrogens with one attached hydrogen (secondary N) is 1. The molecule has 0 radical (unpaired) electrons. The van der Waals surface area contributed by atoms with E-state index in [-0.39, 0.29) is 21.7 Å². The van der Waals surface area contributed by atoms with Crippen molar-refractivity contribution in [3.63, 3.8) is 0 Å². The third-order valence-electron chi connectivity index (χ3n) is 3.34. The fourth-order valence-electron chi connectivity index (χ4n) is 2.14. The fraction of sp³-hybridized carbons (Fsp3) is 0.133. The van der Waals surface area contributed by atoms with E-state index >= 15 is 0 Å². The zero-order valence-corrected chi connectivity index (χ0v) is 13.9. The van der Waals surface area contributed by atoms with E-state index in [9.17, 15) is 4.39 Å². The van der Waals surface area contributed by atoms with Gasteiger partial charge in [-0.3, -0.25) is 5.10 Å². The summed E-state index contributed by atoms with van der Waals surface area (Å²) in [5, 5.41) is 6.71. The first-order valence-electron chi connectivity index (χ1n) is 6.89. The van der Waals surface area contributed by atoms with Crippen LogP contribution in [0.3, 0.4) is 0 Å². The number of H-pyrrole nitrogens is 1. The van der Waals surface area contributed by atoms with Crippen molar-refractivity contribution >= 4 is 29.0 Å². The van der Waals surface area contributed by atoms with E-state index in [0.29, 0.717) is 11.3 Å². The van der Waals surface area contributed by atoms with Crippen LogP contribution in [0.4, 0.5) is 10.2 Å². The van der Waals surface area contributed by atoms with Crippen molar-refractivity contribution in [2.45, 2.75) is 13.0 Å². The molecule has 0 spiro atoms. The van der Waals surface area contributed by atoms with Gasteiger partial charge in [-0.25, -0.2) is 14.4 Å². The van der Waals surface area contributed by atoms with Crippen LogP contribution in [0.1, 0.15) is 18.6 Å². The second-order valence-electron chi connectivity index (χ2n) is 4.95. The Bertz CT molecular complexity index is 873. The van der Waals surface area contributed by atoms with Crippen LogP contribution in [0, 0.1) is 5.82 Å². The molecule has 6 nitrogen and oxygen atoms in total. The Balaban J connectivity index is 1.94. The first-order valence-corrected chi connectivity index (χ1v) is 7.64. The smallest absolute Gasteiger partial charge is 0.258 e. The first kappa shape index (κ1) is 16.5. The molecule has 1 atom stereocenters. The Labute approximate surface area is 146 Å². The van der Waals surface area contributed by atoms with Crippen molar-refractivity contribution in [1.29, 1.82) is 0 Å². The zero-order chi connectivity index (χ0) is 17.3. The van der Waals surface area contributed by atoms with Crippen molar-refractivity contribution in [3.05, 3.63) is 52.1 Å². The van der Waals surface area contributed by atoms with Gasteiger partial charge in [-0.05, 0) is 19.1 Å². The molecule has 1 unspecified atom stereocenters. The number of aromatic nitrogens is 4. The van der Waals surface area contributed by atoms with Crippen LogP contribution in [0.25, 0.3) is 11.3 Å². The van der Waals surface area contributed by atoms with E-state index < -0.39 is 11.9 Å². The summed E-state index contributed by atoms with van der Waals surface area (Å²) in [6.45, 7) is 1.66. The molecule has 0 aliphatic carbocycles. The largest absolute Gasteiger partial charge is 0.467 e. The van der Waals surface area contributed by atoms with E-state index in [1.54, 1.807) is 19.3 Å². The minimum Gasteiger partial charge on any atom is -0.467 e. The highest BCUT2D eigenvalue weighted by Gasteiger charge is 2.20. The molecular weight excluding hydrogens is 356 g/mol. The van der Waals surface area contributed by atoms with Gasteiger partial charge in [0.15, 0.2) is 5.82 Å². The number of ether oxygens (including phenoxy) is 1. The summed E-state index contributed by atoms with van der Waals surface area (Å²) in [5.41, 5.74) is 7.37. The van der Waals surface area contributed by atoms with Gasteiger partial charge in [-0.2, -0.15) is 5.10 Å². The van der Waals surface area contributed by atoms with Gasteiger partial charge in [0, 0.05) is 22.3 Å². The van der Waals surface area contributed by atoms with E-state index in [4.69, 9.17) is 33.7 Å². The summed E-state index contributed by atoms with van der Waals surface area (Å²) in [6.07, 6.45) is 4.07. The van der Waals surface area contributed by atoms with Gasteiger partial charge >= 0.3 is 0 Å². The molecule has 0 amide bonds. The highest BCUT2D eigenvalue weighted by Crippen LogP contribution is 2.35. The normalized spacial score (nSPS) is 12.2. The molecule has 24 heavy (non-hydrogen) atoms. The third-order valence-corrected chi connectivity index (χ3v) is 4.05. The Morgan fingerprint density at radius 3 is 2.79 bits per heavy atom. The maximum Gasteiger partial charge on any atom is 0.258 e. The van der Waals surface area contributed by atoms with Crippen LogP contribution >= 0.6 is 23.2 Å².